The van der Waals surface area contributed by atoms with Crippen LogP contribution in [0.25, 0.3) is 0 Å². The molecule has 23 heavy (non-hydrogen) atoms. The molecule has 1 aliphatic heterocycles. The summed E-state index contributed by atoms with van der Waals surface area (Å²) in [5.74, 6) is 0.0987. The molecule has 2 N–H and O–H groups in total. The maximum atomic E-state index is 12.3. The number of carbonyl (C=O) groups is 2. The highest BCUT2D eigenvalue weighted by Gasteiger charge is 2.24. The molecule has 2 rings (SSSR count). The third-order valence-corrected chi connectivity index (χ3v) is 4.12. The minimum atomic E-state index is -0.0254. The lowest BCUT2D eigenvalue weighted by atomic mass is 9.92. The van der Waals surface area contributed by atoms with Crippen LogP contribution in [0.1, 0.15) is 35.7 Å². The Balaban J connectivity index is 0.00000264. The number of halogens is 1. The highest BCUT2D eigenvalue weighted by molar-refractivity contribution is 5.97. The second kappa shape index (κ2) is 8.31. The van der Waals surface area contributed by atoms with E-state index in [4.69, 9.17) is 0 Å². The van der Waals surface area contributed by atoms with Gasteiger partial charge in [-0.1, -0.05) is 0 Å². The van der Waals surface area contributed by atoms with Gasteiger partial charge in [0.15, 0.2) is 0 Å². The van der Waals surface area contributed by atoms with E-state index < -0.39 is 0 Å². The van der Waals surface area contributed by atoms with Crippen molar-refractivity contribution in [3.8, 4) is 0 Å². The number of carbonyl (C=O) groups excluding carboxylic acids is 2. The number of nitrogens with one attached hydrogen (secondary N) is 2. The zero-order chi connectivity index (χ0) is 16.3. The summed E-state index contributed by atoms with van der Waals surface area (Å²) in [6.45, 7) is 4.87. The van der Waals surface area contributed by atoms with Crippen LogP contribution in [0.5, 0.6) is 0 Å². The fourth-order valence-electron chi connectivity index (χ4n) is 2.84. The average Bonchev–Trinajstić information content (AvgIpc) is 2.46. The predicted molar refractivity (Wildman–Crippen MR) is 95.3 cm³/mol. The quantitative estimate of drug-likeness (QED) is 0.889. The summed E-state index contributed by atoms with van der Waals surface area (Å²) in [5, 5.41) is 6.32. The molecular formula is C17H26ClN3O2. The molecule has 0 radical (unpaired) electrons. The maximum Gasteiger partial charge on any atom is 0.253 e. The lowest BCUT2D eigenvalue weighted by Gasteiger charge is -2.27. The van der Waals surface area contributed by atoms with Crippen LogP contribution in [0.2, 0.25) is 0 Å². The highest BCUT2D eigenvalue weighted by Crippen LogP contribution is 2.21. The lowest BCUT2D eigenvalue weighted by Crippen LogP contribution is -2.40. The number of aryl methyl sites for hydroxylation is 1. The number of piperidine rings is 1. The molecule has 2 atom stereocenters. The topological polar surface area (TPSA) is 61.4 Å². The first-order valence-electron chi connectivity index (χ1n) is 7.75. The molecule has 0 bridgehead atoms. The summed E-state index contributed by atoms with van der Waals surface area (Å²) in [6, 6.07) is 5.81. The van der Waals surface area contributed by atoms with Gasteiger partial charge in [0.05, 0.1) is 0 Å². The Morgan fingerprint density at radius 3 is 2.57 bits per heavy atom. The van der Waals surface area contributed by atoms with E-state index >= 15 is 0 Å². The van der Waals surface area contributed by atoms with Crippen LogP contribution in [0.15, 0.2) is 18.2 Å². The summed E-state index contributed by atoms with van der Waals surface area (Å²) >= 11 is 0. The van der Waals surface area contributed by atoms with Crippen molar-refractivity contribution < 1.29 is 9.59 Å². The van der Waals surface area contributed by atoms with Gasteiger partial charge < -0.3 is 15.5 Å². The third-order valence-electron chi connectivity index (χ3n) is 4.12. The van der Waals surface area contributed by atoms with Crippen LogP contribution in [0.3, 0.4) is 0 Å². The Bertz CT molecular complexity index is 575. The van der Waals surface area contributed by atoms with Crippen LogP contribution in [0.4, 0.5) is 5.69 Å². The van der Waals surface area contributed by atoms with Gasteiger partial charge in [0, 0.05) is 37.3 Å². The molecular weight excluding hydrogens is 314 g/mol. The van der Waals surface area contributed by atoms with Crippen LogP contribution >= 0.6 is 12.4 Å². The van der Waals surface area contributed by atoms with E-state index in [2.05, 4.69) is 17.6 Å². The Morgan fingerprint density at radius 1 is 1.30 bits per heavy atom. The lowest BCUT2D eigenvalue weighted by molar-refractivity contribution is -0.120. The summed E-state index contributed by atoms with van der Waals surface area (Å²) in [6.07, 6.45) is 1.73. The van der Waals surface area contributed by atoms with Gasteiger partial charge in [0.1, 0.15) is 0 Å². The number of benzene rings is 1. The number of rotatable bonds is 3. The fraction of sp³-hybridized carbons (Fsp3) is 0.529. The van der Waals surface area contributed by atoms with Gasteiger partial charge in [0.2, 0.25) is 5.91 Å². The van der Waals surface area contributed by atoms with E-state index in [1.807, 2.05) is 13.0 Å². The molecule has 0 saturated carbocycles. The molecule has 6 heteroatoms. The second-order valence-electron chi connectivity index (χ2n) is 6.30. The number of anilines is 1. The van der Waals surface area contributed by atoms with E-state index in [0.717, 1.165) is 30.6 Å². The van der Waals surface area contributed by atoms with Crippen LogP contribution < -0.4 is 10.6 Å². The first-order chi connectivity index (χ1) is 10.4. The van der Waals surface area contributed by atoms with E-state index in [1.165, 1.54) is 0 Å². The molecule has 1 saturated heterocycles. The summed E-state index contributed by atoms with van der Waals surface area (Å²) in [7, 11) is 3.46. The van der Waals surface area contributed by atoms with E-state index in [0.29, 0.717) is 11.6 Å². The van der Waals surface area contributed by atoms with Crippen LogP contribution in [0, 0.1) is 12.8 Å². The molecule has 0 spiro atoms. The number of hydrogen-bond donors (Lipinski definition) is 2. The van der Waals surface area contributed by atoms with E-state index in [1.54, 1.807) is 31.1 Å². The van der Waals surface area contributed by atoms with Gasteiger partial charge in [-0.25, -0.2) is 0 Å². The van der Waals surface area contributed by atoms with Crippen molar-refractivity contribution in [3.63, 3.8) is 0 Å². The summed E-state index contributed by atoms with van der Waals surface area (Å²) in [5.41, 5.74) is 2.29. The van der Waals surface area contributed by atoms with Gasteiger partial charge in [-0.15, -0.1) is 12.4 Å². The van der Waals surface area contributed by atoms with Crippen molar-refractivity contribution >= 4 is 29.9 Å². The molecule has 0 unspecified atom stereocenters. The Labute approximate surface area is 144 Å². The van der Waals surface area contributed by atoms with Crippen molar-refractivity contribution in [2.45, 2.75) is 32.7 Å². The molecule has 1 heterocycles. The number of hydrogen-bond acceptors (Lipinski definition) is 3. The van der Waals surface area contributed by atoms with E-state index in [-0.39, 0.29) is 30.1 Å². The molecule has 128 valence electrons. The SMILES string of the molecule is Cc1cc(NC(=O)[C@H]2CCN[C@@H](C)C2)ccc1C(=O)N(C)C.Cl. The Hall–Kier alpha value is -1.59. The third kappa shape index (κ3) is 4.94. The predicted octanol–water partition coefficient (Wildman–Crippen LogP) is 2.45. The zero-order valence-electron chi connectivity index (χ0n) is 14.2. The first kappa shape index (κ1) is 19.5. The molecule has 2 amide bonds. The molecule has 1 aliphatic rings. The van der Waals surface area contributed by atoms with Gasteiger partial charge in [0.25, 0.3) is 5.91 Å². The molecule has 1 aromatic rings. The van der Waals surface area contributed by atoms with Crippen molar-refractivity contribution in [2.24, 2.45) is 5.92 Å². The minimum Gasteiger partial charge on any atom is -0.345 e. The standard InChI is InChI=1S/C17H25N3O2.ClH/c1-11-9-14(5-6-15(11)17(22)20(3)4)19-16(21)13-7-8-18-12(2)10-13;/h5-6,9,12-13,18H,7-8,10H2,1-4H3,(H,19,21);1H/t12-,13-;/m0./s1. The summed E-state index contributed by atoms with van der Waals surface area (Å²) < 4.78 is 0. The Kier molecular flexibility index (Phi) is 7.03. The van der Waals surface area contributed by atoms with Crippen molar-refractivity contribution in [1.82, 2.24) is 10.2 Å². The van der Waals surface area contributed by atoms with Crippen LogP contribution in [-0.4, -0.2) is 43.4 Å². The fourth-order valence-corrected chi connectivity index (χ4v) is 2.84. The summed E-state index contributed by atoms with van der Waals surface area (Å²) in [4.78, 5) is 25.9. The molecule has 1 aromatic carbocycles. The van der Waals surface area contributed by atoms with Crippen molar-refractivity contribution in [2.75, 3.05) is 26.0 Å². The molecule has 0 aliphatic carbocycles. The van der Waals surface area contributed by atoms with E-state index in [9.17, 15) is 9.59 Å². The van der Waals surface area contributed by atoms with Crippen molar-refractivity contribution in [3.05, 3.63) is 29.3 Å². The van der Waals surface area contributed by atoms with Gasteiger partial charge in [-0.2, -0.15) is 0 Å². The smallest absolute Gasteiger partial charge is 0.253 e. The first-order valence-corrected chi connectivity index (χ1v) is 7.75. The monoisotopic (exact) mass is 339 g/mol. The minimum absolute atomic E-state index is 0. The highest BCUT2D eigenvalue weighted by atomic mass is 35.5. The zero-order valence-corrected chi connectivity index (χ0v) is 15.0. The molecule has 1 fully saturated rings. The maximum absolute atomic E-state index is 12.3. The molecule has 5 nitrogen and oxygen atoms in total. The number of nitrogens with zero attached hydrogens (tertiary/aromatic N) is 1. The molecule has 0 aromatic heterocycles. The van der Waals surface area contributed by atoms with Crippen molar-refractivity contribution in [1.29, 1.82) is 0 Å². The van der Waals surface area contributed by atoms with Gasteiger partial charge in [-0.3, -0.25) is 9.59 Å². The second-order valence-corrected chi connectivity index (χ2v) is 6.30. The average molecular weight is 340 g/mol. The van der Waals surface area contributed by atoms with Gasteiger partial charge >= 0.3 is 0 Å². The van der Waals surface area contributed by atoms with Gasteiger partial charge in [-0.05, 0) is 57.0 Å². The number of amides is 2. The normalized spacial score (nSPS) is 20.3. The largest absolute Gasteiger partial charge is 0.345 e. The van der Waals surface area contributed by atoms with Crippen LogP contribution in [-0.2, 0) is 4.79 Å². The Morgan fingerprint density at radius 2 is 2.00 bits per heavy atom.